The van der Waals surface area contributed by atoms with Crippen LogP contribution in [0.3, 0.4) is 0 Å². The molecule has 0 aromatic heterocycles. The first-order valence-electron chi connectivity index (χ1n) is 10.5. The Morgan fingerprint density at radius 2 is 0.966 bits per heavy atom. The van der Waals surface area contributed by atoms with Crippen molar-refractivity contribution < 1.29 is 0 Å². The molecule has 0 saturated carbocycles. The fraction of sp³-hybridized carbons (Fsp3) is 0.259. The van der Waals surface area contributed by atoms with Crippen LogP contribution in [0.15, 0.2) is 91.0 Å². The van der Waals surface area contributed by atoms with Gasteiger partial charge < -0.3 is 0 Å². The van der Waals surface area contributed by atoms with Gasteiger partial charge in [-0.25, -0.2) is 0 Å². The Kier molecular flexibility index (Phi) is 7.93. The first-order chi connectivity index (χ1) is 14.2. The van der Waals surface area contributed by atoms with Crippen LogP contribution in [0.4, 0.5) is 0 Å². The van der Waals surface area contributed by atoms with Crippen LogP contribution in [0.2, 0.25) is 0 Å². The van der Waals surface area contributed by atoms with Crippen LogP contribution in [-0.4, -0.2) is 6.16 Å². The van der Waals surface area contributed by atoms with Crippen LogP contribution in [0, 0.1) is 12.3 Å². The van der Waals surface area contributed by atoms with Crippen molar-refractivity contribution in [3.8, 4) is 12.3 Å². The quantitative estimate of drug-likeness (QED) is 0.121. The van der Waals surface area contributed by atoms with E-state index in [0.29, 0.717) is 0 Å². The number of rotatable bonds is 10. The third kappa shape index (κ3) is 4.76. The molecule has 3 aromatic rings. The molecular weight excluding hydrogens is 482 g/mol. The predicted octanol–water partition coefficient (Wildman–Crippen LogP) is 6.84. The van der Waals surface area contributed by atoms with Gasteiger partial charge in [0.1, 0.15) is 0 Å². The molecule has 150 valence electrons. The molecule has 2 heteroatoms. The Bertz CT molecular complexity index is 814. The number of benzene rings is 3. The van der Waals surface area contributed by atoms with Gasteiger partial charge in [-0.1, -0.05) is 0 Å². The summed E-state index contributed by atoms with van der Waals surface area (Å²) in [5, 5.41) is 4.43. The Hall–Kier alpha value is -1.62. The van der Waals surface area contributed by atoms with E-state index in [1.165, 1.54) is 47.8 Å². The molecule has 0 aliphatic carbocycles. The fourth-order valence-corrected chi connectivity index (χ4v) is 13.0. The maximum absolute atomic E-state index is 5.39. The van der Waals surface area contributed by atoms with Gasteiger partial charge in [-0.15, -0.1) is 0 Å². The molecule has 0 aliphatic rings. The molecule has 0 aliphatic heterocycles. The second-order valence-corrected chi connectivity index (χ2v) is 18.4. The van der Waals surface area contributed by atoms with E-state index < -0.39 is 4.25 Å². The van der Waals surface area contributed by atoms with E-state index in [4.69, 9.17) is 6.42 Å². The van der Waals surface area contributed by atoms with Gasteiger partial charge in [0, 0.05) is 0 Å². The van der Waals surface area contributed by atoms with Gasteiger partial charge in [-0.3, -0.25) is 0 Å². The van der Waals surface area contributed by atoms with Gasteiger partial charge in [-0.2, -0.15) is 0 Å². The van der Waals surface area contributed by atoms with Crippen LogP contribution >= 0.6 is 26.3 Å². The molecule has 3 rings (SSSR count). The van der Waals surface area contributed by atoms with Crippen molar-refractivity contribution in [3.63, 3.8) is 0 Å². The molecule has 3 aromatic carbocycles. The summed E-state index contributed by atoms with van der Waals surface area (Å²) in [6.45, 7) is 0. The van der Waals surface area contributed by atoms with Crippen molar-refractivity contribution in [2.75, 3.05) is 6.16 Å². The average Bonchev–Trinajstić information content (AvgIpc) is 2.80. The van der Waals surface area contributed by atoms with Crippen molar-refractivity contribution in [1.29, 1.82) is 0 Å². The monoisotopic (exact) mass is 512 g/mol. The number of hydrogen-bond donors (Lipinski definition) is 0. The molecular formula is C27H30IP. The molecule has 0 heterocycles. The SMILES string of the molecule is C#CCCCCCCCP(I)(c1ccccc1)(c1ccccc1)c1ccccc1. The molecule has 0 N–H and O–H groups in total. The summed E-state index contributed by atoms with van der Waals surface area (Å²) in [6, 6.07) is 33.6. The number of unbranched alkanes of at least 4 members (excludes halogenated alkanes) is 5. The van der Waals surface area contributed by atoms with Crippen molar-refractivity contribution in [3.05, 3.63) is 91.0 Å². The summed E-state index contributed by atoms with van der Waals surface area (Å²) < 4.78 is -2.57. The second-order valence-electron chi connectivity index (χ2n) is 7.63. The molecule has 0 unspecified atom stereocenters. The summed E-state index contributed by atoms with van der Waals surface area (Å²) in [6.07, 6.45) is 13.6. The van der Waals surface area contributed by atoms with E-state index in [0.717, 1.165) is 12.8 Å². The van der Waals surface area contributed by atoms with Crippen molar-refractivity contribution in [2.45, 2.75) is 38.5 Å². The normalized spacial score (nSPS) is 12.6. The molecule has 0 bridgehead atoms. The summed E-state index contributed by atoms with van der Waals surface area (Å²) in [5.74, 6) is 2.76. The maximum atomic E-state index is 5.39. The van der Waals surface area contributed by atoms with E-state index in [1.54, 1.807) is 0 Å². The van der Waals surface area contributed by atoms with Crippen molar-refractivity contribution in [1.82, 2.24) is 0 Å². The number of halogens is 1. The van der Waals surface area contributed by atoms with E-state index in [2.05, 4.69) is 119 Å². The molecule has 29 heavy (non-hydrogen) atoms. The zero-order valence-corrected chi connectivity index (χ0v) is 20.1. The summed E-state index contributed by atoms with van der Waals surface area (Å²) in [5.41, 5.74) is 0. The zero-order valence-electron chi connectivity index (χ0n) is 17.0. The van der Waals surface area contributed by atoms with E-state index in [1.807, 2.05) is 0 Å². The molecule has 0 fully saturated rings. The first kappa shape index (κ1) is 22.1. The third-order valence-electron chi connectivity index (χ3n) is 5.78. The van der Waals surface area contributed by atoms with E-state index >= 15 is 0 Å². The minimum absolute atomic E-state index is 0.907. The predicted molar refractivity (Wildman–Crippen MR) is 141 cm³/mol. The number of terminal acetylenes is 1. The molecule has 0 spiro atoms. The van der Waals surface area contributed by atoms with E-state index in [-0.39, 0.29) is 0 Å². The Labute approximate surface area is 189 Å². The summed E-state index contributed by atoms with van der Waals surface area (Å²) in [4.78, 5) is 0. The van der Waals surface area contributed by atoms with Crippen molar-refractivity contribution >= 4 is 42.2 Å². The number of hydrogen-bond acceptors (Lipinski definition) is 0. The summed E-state index contributed by atoms with van der Waals surface area (Å²) in [7, 11) is 0. The molecule has 0 nitrogen and oxygen atoms in total. The van der Waals surface area contributed by atoms with Gasteiger partial charge in [0.05, 0.1) is 0 Å². The minimum atomic E-state index is -2.57. The van der Waals surface area contributed by atoms with Gasteiger partial charge in [0.2, 0.25) is 0 Å². The summed E-state index contributed by atoms with van der Waals surface area (Å²) >= 11 is 2.88. The third-order valence-corrected chi connectivity index (χ3v) is 17.5. The second kappa shape index (κ2) is 10.4. The van der Waals surface area contributed by atoms with Crippen LogP contribution < -0.4 is 15.9 Å². The first-order valence-corrected chi connectivity index (χ1v) is 15.7. The molecule has 0 radical (unpaired) electrons. The van der Waals surface area contributed by atoms with Gasteiger partial charge >= 0.3 is 190 Å². The van der Waals surface area contributed by atoms with Crippen molar-refractivity contribution in [2.24, 2.45) is 0 Å². The molecule has 0 saturated heterocycles. The Morgan fingerprint density at radius 1 is 0.586 bits per heavy atom. The topological polar surface area (TPSA) is 0 Å². The Balaban J connectivity index is 2.02. The van der Waals surface area contributed by atoms with Crippen LogP contribution in [0.25, 0.3) is 0 Å². The molecule has 0 amide bonds. The van der Waals surface area contributed by atoms with Crippen LogP contribution in [-0.2, 0) is 0 Å². The average molecular weight is 512 g/mol. The van der Waals surface area contributed by atoms with Gasteiger partial charge in [0.25, 0.3) is 0 Å². The standard InChI is InChI=1S/C27H30IP/c1-2-3-4-5-6-7-17-24-29(28,25-18-11-8-12-19-25,26-20-13-9-14-21-26)27-22-15-10-16-23-27/h1,8-16,18-23H,3-7,17,24H2. The van der Waals surface area contributed by atoms with E-state index in [9.17, 15) is 0 Å². The van der Waals surface area contributed by atoms with Crippen LogP contribution in [0.5, 0.6) is 0 Å². The molecule has 0 atom stereocenters. The fourth-order valence-electron chi connectivity index (χ4n) is 4.22. The Morgan fingerprint density at radius 3 is 1.38 bits per heavy atom. The van der Waals surface area contributed by atoms with Gasteiger partial charge in [-0.05, 0) is 0 Å². The zero-order chi connectivity index (χ0) is 20.4. The van der Waals surface area contributed by atoms with Crippen LogP contribution in [0.1, 0.15) is 38.5 Å². The van der Waals surface area contributed by atoms with Gasteiger partial charge in [0.15, 0.2) is 0 Å².